The summed E-state index contributed by atoms with van der Waals surface area (Å²) >= 11 is 1.48. The fourth-order valence-corrected chi connectivity index (χ4v) is 4.82. The Morgan fingerprint density at radius 2 is 1.97 bits per heavy atom. The van der Waals surface area contributed by atoms with Gasteiger partial charge in [-0.05, 0) is 75.8 Å². The number of hydrogen-bond acceptors (Lipinski definition) is 6. The number of esters is 1. The minimum absolute atomic E-state index is 0.0336. The van der Waals surface area contributed by atoms with Crippen molar-refractivity contribution in [2.75, 3.05) is 19.0 Å². The average Bonchev–Trinajstić information content (AvgIpc) is 3.10. The molecule has 1 aromatic heterocycles. The maximum atomic E-state index is 12.6. The van der Waals surface area contributed by atoms with Crippen LogP contribution in [0.5, 0.6) is 11.5 Å². The van der Waals surface area contributed by atoms with Gasteiger partial charge < -0.3 is 19.5 Å². The van der Waals surface area contributed by atoms with Crippen LogP contribution in [-0.4, -0.2) is 31.7 Å². The number of ether oxygens (including phenoxy) is 3. The zero-order chi connectivity index (χ0) is 22.4. The molecule has 0 unspecified atom stereocenters. The van der Waals surface area contributed by atoms with Crippen LogP contribution in [-0.2, 0) is 22.4 Å². The molecule has 166 valence electrons. The molecule has 1 aliphatic carbocycles. The van der Waals surface area contributed by atoms with Crippen molar-refractivity contribution in [3.8, 4) is 11.5 Å². The molecule has 6 nitrogen and oxygen atoms in total. The number of benzene rings is 1. The molecule has 0 fully saturated rings. The topological polar surface area (TPSA) is 73.9 Å². The summed E-state index contributed by atoms with van der Waals surface area (Å²) in [5.41, 5.74) is 2.35. The third kappa shape index (κ3) is 5.67. The first-order valence-corrected chi connectivity index (χ1v) is 11.4. The van der Waals surface area contributed by atoms with Gasteiger partial charge in [0.05, 0.1) is 25.4 Å². The summed E-state index contributed by atoms with van der Waals surface area (Å²) in [6, 6.07) is 5.50. The fourth-order valence-electron chi connectivity index (χ4n) is 3.54. The first-order valence-electron chi connectivity index (χ1n) is 10.6. The van der Waals surface area contributed by atoms with Crippen LogP contribution >= 0.6 is 11.3 Å². The van der Waals surface area contributed by atoms with Crippen molar-refractivity contribution < 1.29 is 23.8 Å². The lowest BCUT2D eigenvalue weighted by atomic mass is 9.95. The molecule has 7 heteroatoms. The molecule has 0 aliphatic heterocycles. The summed E-state index contributed by atoms with van der Waals surface area (Å²) in [7, 11) is 1.58. The van der Waals surface area contributed by atoms with Crippen LogP contribution in [0.3, 0.4) is 0 Å². The van der Waals surface area contributed by atoms with E-state index in [1.54, 1.807) is 20.1 Å². The Labute approximate surface area is 187 Å². The van der Waals surface area contributed by atoms with E-state index in [-0.39, 0.29) is 18.0 Å². The minimum Gasteiger partial charge on any atom is -0.493 e. The molecule has 1 amide bonds. The number of rotatable bonds is 8. The zero-order valence-corrected chi connectivity index (χ0v) is 19.3. The van der Waals surface area contributed by atoms with Gasteiger partial charge >= 0.3 is 5.97 Å². The molecule has 0 bridgehead atoms. The van der Waals surface area contributed by atoms with E-state index >= 15 is 0 Å². The van der Waals surface area contributed by atoms with Crippen LogP contribution in [0.2, 0.25) is 0 Å². The van der Waals surface area contributed by atoms with Gasteiger partial charge in [-0.3, -0.25) is 4.79 Å². The second kappa shape index (κ2) is 10.5. The summed E-state index contributed by atoms with van der Waals surface area (Å²) < 4.78 is 16.4. The summed E-state index contributed by atoms with van der Waals surface area (Å²) in [4.78, 5) is 26.3. The van der Waals surface area contributed by atoms with E-state index < -0.39 is 0 Å². The highest BCUT2D eigenvalue weighted by Gasteiger charge is 2.26. The maximum absolute atomic E-state index is 12.6. The number of fused-ring (bicyclic) bond motifs is 1. The SMILES string of the molecule is CCOC(=O)c1c(NC(=O)/C=C/c2ccc(OC(C)C)c(OC)c2)sc2c1CCCC2. The largest absolute Gasteiger partial charge is 0.493 e. The van der Waals surface area contributed by atoms with Crippen molar-refractivity contribution in [1.82, 2.24) is 0 Å². The van der Waals surface area contributed by atoms with E-state index in [0.717, 1.165) is 36.8 Å². The van der Waals surface area contributed by atoms with Crippen molar-refractivity contribution in [3.05, 3.63) is 45.8 Å². The number of amides is 1. The highest BCUT2D eigenvalue weighted by atomic mass is 32.1. The lowest BCUT2D eigenvalue weighted by molar-refractivity contribution is -0.111. The Bertz CT molecular complexity index is 977. The Hall–Kier alpha value is -2.80. The Kier molecular flexibility index (Phi) is 7.74. The van der Waals surface area contributed by atoms with E-state index in [0.29, 0.717) is 28.7 Å². The van der Waals surface area contributed by atoms with Gasteiger partial charge in [0, 0.05) is 11.0 Å². The van der Waals surface area contributed by atoms with E-state index in [2.05, 4.69) is 5.32 Å². The Balaban J connectivity index is 1.77. The third-order valence-corrected chi connectivity index (χ3v) is 6.07. The Morgan fingerprint density at radius 3 is 2.68 bits per heavy atom. The third-order valence-electron chi connectivity index (χ3n) is 4.87. The molecule has 0 atom stereocenters. The molecule has 0 spiro atoms. The van der Waals surface area contributed by atoms with Crippen LogP contribution in [0.4, 0.5) is 5.00 Å². The summed E-state index contributed by atoms with van der Waals surface area (Å²) in [6.45, 7) is 5.98. The van der Waals surface area contributed by atoms with Crippen LogP contribution in [0.25, 0.3) is 6.08 Å². The molecule has 1 heterocycles. The van der Waals surface area contributed by atoms with Crippen LogP contribution in [0.15, 0.2) is 24.3 Å². The first-order chi connectivity index (χ1) is 14.9. The van der Waals surface area contributed by atoms with Crippen molar-refractivity contribution in [2.24, 2.45) is 0 Å². The Morgan fingerprint density at radius 1 is 1.19 bits per heavy atom. The number of nitrogens with one attached hydrogen (secondary N) is 1. The van der Waals surface area contributed by atoms with Gasteiger partial charge in [-0.2, -0.15) is 0 Å². The standard InChI is InChI=1S/C24H29NO5S/c1-5-29-24(27)22-17-8-6-7-9-20(17)31-23(22)25-21(26)13-11-16-10-12-18(30-15(2)3)19(14-16)28-4/h10-15H,5-9H2,1-4H3,(H,25,26)/b13-11+. The molecule has 0 radical (unpaired) electrons. The first kappa shape index (κ1) is 22.9. The summed E-state index contributed by atoms with van der Waals surface area (Å²) in [5, 5.41) is 3.45. The van der Waals surface area contributed by atoms with Crippen LogP contribution in [0.1, 0.15) is 60.0 Å². The second-order valence-corrected chi connectivity index (χ2v) is 8.64. The number of hydrogen-bond donors (Lipinski definition) is 1. The van der Waals surface area contributed by atoms with Crippen LogP contribution in [0, 0.1) is 0 Å². The van der Waals surface area contributed by atoms with Gasteiger partial charge in [-0.25, -0.2) is 4.79 Å². The molecule has 1 aliphatic rings. The van der Waals surface area contributed by atoms with Gasteiger partial charge in [-0.15, -0.1) is 11.3 Å². The second-order valence-electron chi connectivity index (χ2n) is 7.53. The van der Waals surface area contributed by atoms with E-state index in [9.17, 15) is 9.59 Å². The molecule has 2 aromatic rings. The molecular formula is C24H29NO5S. The predicted molar refractivity (Wildman–Crippen MR) is 123 cm³/mol. The molecule has 31 heavy (non-hydrogen) atoms. The molecule has 0 saturated carbocycles. The number of carbonyl (C=O) groups is 2. The molecule has 3 rings (SSSR count). The van der Waals surface area contributed by atoms with Gasteiger partial charge in [0.2, 0.25) is 5.91 Å². The zero-order valence-electron chi connectivity index (χ0n) is 18.4. The quantitative estimate of drug-likeness (QED) is 0.445. The average molecular weight is 444 g/mol. The smallest absolute Gasteiger partial charge is 0.341 e. The van der Waals surface area contributed by atoms with Gasteiger partial charge in [0.1, 0.15) is 5.00 Å². The highest BCUT2D eigenvalue weighted by Crippen LogP contribution is 2.38. The lowest BCUT2D eigenvalue weighted by Crippen LogP contribution is -2.14. The minimum atomic E-state index is -0.369. The molecular weight excluding hydrogens is 414 g/mol. The number of aryl methyl sites for hydroxylation is 1. The van der Waals surface area contributed by atoms with Crippen molar-refractivity contribution in [1.29, 1.82) is 0 Å². The lowest BCUT2D eigenvalue weighted by Gasteiger charge is -2.13. The van der Waals surface area contributed by atoms with Gasteiger partial charge in [-0.1, -0.05) is 6.07 Å². The van der Waals surface area contributed by atoms with Crippen molar-refractivity contribution in [2.45, 2.75) is 52.6 Å². The number of methoxy groups -OCH3 is 1. The normalized spacial score (nSPS) is 13.2. The number of anilines is 1. The highest BCUT2D eigenvalue weighted by molar-refractivity contribution is 7.17. The summed E-state index contributed by atoms with van der Waals surface area (Å²) in [5.74, 6) is 0.589. The van der Waals surface area contributed by atoms with Gasteiger partial charge in [0.25, 0.3) is 0 Å². The van der Waals surface area contributed by atoms with Gasteiger partial charge in [0.15, 0.2) is 11.5 Å². The molecule has 0 saturated heterocycles. The monoisotopic (exact) mass is 443 g/mol. The molecule has 1 N–H and O–H groups in total. The van der Waals surface area contributed by atoms with Crippen molar-refractivity contribution >= 4 is 34.3 Å². The fraction of sp³-hybridized carbons (Fsp3) is 0.417. The van der Waals surface area contributed by atoms with Crippen molar-refractivity contribution in [3.63, 3.8) is 0 Å². The number of carbonyl (C=O) groups excluding carboxylic acids is 2. The van der Waals surface area contributed by atoms with E-state index in [1.807, 2.05) is 32.0 Å². The summed E-state index contributed by atoms with van der Waals surface area (Å²) in [6.07, 6.45) is 7.11. The van der Waals surface area contributed by atoms with E-state index in [1.165, 1.54) is 22.3 Å². The molecule has 1 aromatic carbocycles. The number of thiophene rings is 1. The maximum Gasteiger partial charge on any atom is 0.341 e. The predicted octanol–water partition coefficient (Wildman–Crippen LogP) is 5.25. The van der Waals surface area contributed by atoms with E-state index in [4.69, 9.17) is 14.2 Å². The van der Waals surface area contributed by atoms with Crippen LogP contribution < -0.4 is 14.8 Å².